The molecule has 3 N–H and O–H groups in total. The highest BCUT2D eigenvalue weighted by atomic mass is 31.2. The number of carbonyl (C=O) groups is 4. The first-order chi connectivity index (χ1) is 46.4. The van der Waals surface area contributed by atoms with Crippen molar-refractivity contribution in [2.24, 2.45) is 11.8 Å². The Hall–Kier alpha value is -1.94. The number of aliphatic hydroxyl groups is 1. The van der Waals surface area contributed by atoms with Gasteiger partial charge in [-0.15, -0.1) is 0 Å². The lowest BCUT2D eigenvalue weighted by molar-refractivity contribution is -0.161. The van der Waals surface area contributed by atoms with Crippen LogP contribution in [0.25, 0.3) is 0 Å². The minimum absolute atomic E-state index is 0.104. The van der Waals surface area contributed by atoms with Crippen molar-refractivity contribution in [1.29, 1.82) is 0 Å². The van der Waals surface area contributed by atoms with E-state index in [1.807, 2.05) is 0 Å². The van der Waals surface area contributed by atoms with Gasteiger partial charge >= 0.3 is 39.5 Å². The number of phosphoric ester groups is 2. The van der Waals surface area contributed by atoms with Crippen molar-refractivity contribution in [1.82, 2.24) is 0 Å². The van der Waals surface area contributed by atoms with Crippen LogP contribution >= 0.6 is 15.6 Å². The summed E-state index contributed by atoms with van der Waals surface area (Å²) in [7, 11) is -9.91. The van der Waals surface area contributed by atoms with Crippen LogP contribution in [0.4, 0.5) is 0 Å². The Morgan fingerprint density at radius 2 is 0.479 bits per heavy atom. The number of unbranched alkanes of at least 4 members (excludes halogenated alkanes) is 46. The maximum absolute atomic E-state index is 13.1. The van der Waals surface area contributed by atoms with E-state index in [0.29, 0.717) is 31.6 Å². The van der Waals surface area contributed by atoms with Gasteiger partial charge in [-0.1, -0.05) is 350 Å². The molecule has 2 unspecified atom stereocenters. The zero-order chi connectivity index (χ0) is 70.7. The number of rotatable bonds is 76. The Bertz CT molecular complexity index is 1860. The topological polar surface area (TPSA) is 237 Å². The predicted octanol–water partition coefficient (Wildman–Crippen LogP) is 22.7. The Labute approximate surface area is 588 Å². The van der Waals surface area contributed by atoms with Crippen LogP contribution in [0.1, 0.15) is 401 Å². The Morgan fingerprint density at radius 3 is 0.708 bits per heavy atom. The quantitative estimate of drug-likeness (QED) is 0.0222. The van der Waals surface area contributed by atoms with Crippen LogP contribution in [0.5, 0.6) is 0 Å². The van der Waals surface area contributed by atoms with Crippen molar-refractivity contribution >= 4 is 39.5 Å². The number of ether oxygens (including phenoxy) is 4. The standard InChI is InChI=1S/C77H150O17P2/c1-7-9-11-13-15-17-18-19-20-21-22-23-24-25-26-27-28-33-37-43-49-55-61-76(81)93-72(65-88-75(80)60-54-48-42-36-32-30-29-31-35-39-45-51-57-69(3)4)67-91-95(83,84)89-63-71(78)64-90-96(85,86)92-68-73(66-87-74(79)59-53-47-41-34-16-14-12-10-8-2)94-77(82)62-56-50-44-38-40-46-52-58-70(5)6/h69-73,78H,7-68H2,1-6H3,(H,83,84)(H,85,86)/t71-,72-,73-/m1/s1. The first kappa shape index (κ1) is 94.1. The summed E-state index contributed by atoms with van der Waals surface area (Å²) in [6.07, 6.45) is 57.2. The lowest BCUT2D eigenvalue weighted by atomic mass is 10.0. The van der Waals surface area contributed by atoms with Crippen LogP contribution in [0.15, 0.2) is 0 Å². The normalized spacial score (nSPS) is 14.0. The number of carbonyl (C=O) groups excluding carboxylic acids is 4. The fourth-order valence-electron chi connectivity index (χ4n) is 11.8. The molecule has 0 aliphatic carbocycles. The van der Waals surface area contributed by atoms with Crippen LogP contribution in [0, 0.1) is 11.8 Å². The number of esters is 4. The molecule has 0 aromatic carbocycles. The molecule has 0 fully saturated rings. The van der Waals surface area contributed by atoms with Gasteiger partial charge in [0.2, 0.25) is 0 Å². The van der Waals surface area contributed by atoms with Gasteiger partial charge in [0.05, 0.1) is 26.4 Å². The summed E-state index contributed by atoms with van der Waals surface area (Å²) >= 11 is 0. The van der Waals surface area contributed by atoms with E-state index >= 15 is 0 Å². The predicted molar refractivity (Wildman–Crippen MR) is 391 cm³/mol. The maximum atomic E-state index is 13.1. The van der Waals surface area contributed by atoms with E-state index in [4.69, 9.17) is 37.0 Å². The summed E-state index contributed by atoms with van der Waals surface area (Å²) in [4.78, 5) is 72.7. The van der Waals surface area contributed by atoms with Gasteiger partial charge in [-0.25, -0.2) is 9.13 Å². The highest BCUT2D eigenvalue weighted by molar-refractivity contribution is 7.47. The van der Waals surface area contributed by atoms with E-state index in [0.717, 1.165) is 95.8 Å². The average molecular weight is 1410 g/mol. The SMILES string of the molecule is CCCCCCCCCCCCCCCCCCCCCCCCC(=O)O[C@H](COC(=O)CCCCCCCCCCCCCCC(C)C)COP(=O)(O)OC[C@@H](O)COP(=O)(O)OC[C@@H](COC(=O)CCCCCCCCCCC)OC(=O)CCCCCCCCCC(C)C. The van der Waals surface area contributed by atoms with E-state index in [-0.39, 0.29) is 25.7 Å². The van der Waals surface area contributed by atoms with Crippen molar-refractivity contribution in [3.8, 4) is 0 Å². The van der Waals surface area contributed by atoms with Crippen molar-refractivity contribution in [3.63, 3.8) is 0 Å². The molecule has 0 rings (SSSR count). The van der Waals surface area contributed by atoms with Crippen molar-refractivity contribution in [3.05, 3.63) is 0 Å². The first-order valence-corrected chi connectivity index (χ1v) is 43.0. The van der Waals surface area contributed by atoms with Gasteiger partial charge in [-0.2, -0.15) is 0 Å². The highest BCUT2D eigenvalue weighted by Crippen LogP contribution is 2.45. The number of phosphoric acid groups is 2. The monoisotopic (exact) mass is 1410 g/mol. The van der Waals surface area contributed by atoms with E-state index in [1.165, 1.54) is 218 Å². The van der Waals surface area contributed by atoms with E-state index in [9.17, 15) is 43.2 Å². The lowest BCUT2D eigenvalue weighted by Crippen LogP contribution is -2.30. The smallest absolute Gasteiger partial charge is 0.462 e. The van der Waals surface area contributed by atoms with Gasteiger partial charge in [0, 0.05) is 25.7 Å². The molecule has 96 heavy (non-hydrogen) atoms. The number of hydrogen-bond donors (Lipinski definition) is 3. The first-order valence-electron chi connectivity index (χ1n) is 40.0. The van der Waals surface area contributed by atoms with E-state index in [1.54, 1.807) is 0 Å². The summed E-state index contributed by atoms with van der Waals surface area (Å²) in [5, 5.41) is 10.6. The van der Waals surface area contributed by atoms with Crippen LogP contribution in [-0.4, -0.2) is 96.7 Å². The van der Waals surface area contributed by atoms with Gasteiger partial charge in [-0.05, 0) is 37.5 Å². The molecular formula is C77H150O17P2. The molecule has 0 heterocycles. The molecule has 0 aromatic rings. The Kier molecular flexibility index (Phi) is 67.4. The second-order valence-corrected chi connectivity index (χ2v) is 31.6. The van der Waals surface area contributed by atoms with Gasteiger partial charge in [0.25, 0.3) is 0 Å². The largest absolute Gasteiger partial charge is 0.472 e. The fourth-order valence-corrected chi connectivity index (χ4v) is 13.4. The maximum Gasteiger partial charge on any atom is 0.472 e. The summed E-state index contributed by atoms with van der Waals surface area (Å²) in [6.45, 7) is 9.53. The van der Waals surface area contributed by atoms with Crippen molar-refractivity contribution < 1.29 is 80.2 Å². The Balaban J connectivity index is 5.17. The second kappa shape index (κ2) is 68.8. The zero-order valence-electron chi connectivity index (χ0n) is 62.7. The number of hydrogen-bond acceptors (Lipinski definition) is 15. The summed E-state index contributed by atoms with van der Waals surface area (Å²) in [6, 6.07) is 0. The van der Waals surface area contributed by atoms with Gasteiger partial charge in [0.15, 0.2) is 12.2 Å². The molecule has 0 saturated heterocycles. The molecule has 0 bridgehead atoms. The third-order valence-corrected chi connectivity index (χ3v) is 19.9. The molecule has 17 nitrogen and oxygen atoms in total. The summed E-state index contributed by atoms with van der Waals surface area (Å²) in [5.74, 6) is -0.642. The minimum Gasteiger partial charge on any atom is -0.462 e. The minimum atomic E-state index is -4.96. The third-order valence-electron chi connectivity index (χ3n) is 18.0. The molecule has 570 valence electrons. The number of aliphatic hydroxyl groups excluding tert-OH is 1. The highest BCUT2D eigenvalue weighted by Gasteiger charge is 2.30. The molecule has 0 saturated carbocycles. The third kappa shape index (κ3) is 70.5. The van der Waals surface area contributed by atoms with Crippen LogP contribution in [0.3, 0.4) is 0 Å². The lowest BCUT2D eigenvalue weighted by Gasteiger charge is -2.21. The van der Waals surface area contributed by atoms with E-state index in [2.05, 4.69) is 41.5 Å². The Morgan fingerprint density at radius 1 is 0.281 bits per heavy atom. The van der Waals surface area contributed by atoms with Gasteiger partial charge in [-0.3, -0.25) is 37.3 Å². The van der Waals surface area contributed by atoms with Gasteiger partial charge < -0.3 is 33.8 Å². The van der Waals surface area contributed by atoms with Crippen LogP contribution < -0.4 is 0 Å². The fraction of sp³-hybridized carbons (Fsp3) is 0.948. The summed E-state index contributed by atoms with van der Waals surface area (Å²) < 4.78 is 68.4. The molecule has 0 amide bonds. The molecule has 19 heteroatoms. The van der Waals surface area contributed by atoms with Crippen LogP contribution in [-0.2, 0) is 65.4 Å². The molecule has 5 atom stereocenters. The van der Waals surface area contributed by atoms with Crippen molar-refractivity contribution in [2.75, 3.05) is 39.6 Å². The van der Waals surface area contributed by atoms with Crippen LogP contribution in [0.2, 0.25) is 0 Å². The van der Waals surface area contributed by atoms with Gasteiger partial charge in [0.1, 0.15) is 19.3 Å². The molecule has 0 radical (unpaired) electrons. The molecule has 0 spiro atoms. The summed E-state index contributed by atoms with van der Waals surface area (Å²) in [5.41, 5.74) is 0. The van der Waals surface area contributed by atoms with Crippen molar-refractivity contribution in [2.45, 2.75) is 419 Å². The average Bonchev–Trinajstić information content (AvgIpc) is 1.13. The second-order valence-electron chi connectivity index (χ2n) is 28.7. The zero-order valence-corrected chi connectivity index (χ0v) is 64.5. The molecule has 0 aromatic heterocycles. The van der Waals surface area contributed by atoms with E-state index < -0.39 is 97.5 Å². The molecule has 0 aliphatic heterocycles. The molecule has 0 aliphatic rings. The molecular weight excluding hydrogens is 1260 g/mol.